The van der Waals surface area contributed by atoms with Crippen LogP contribution in [-0.4, -0.2) is 39.7 Å². The molecule has 0 saturated carbocycles. The standard InChI is InChI=1S/C24H24N6O2/c1-16-12-20(18-8-6-5-7-9-18)30(29-16)24-14-23(25-15-26-24)28-27-17(2)19-10-11-21(31-3)22(13-19)32-4/h5-15H,1-4H3,(H,25,26,28). The molecule has 0 saturated heterocycles. The number of aromatic nitrogens is 4. The van der Waals surface area contributed by atoms with Gasteiger partial charge in [-0.25, -0.2) is 14.6 Å². The summed E-state index contributed by atoms with van der Waals surface area (Å²) in [7, 11) is 3.21. The maximum absolute atomic E-state index is 5.37. The maximum Gasteiger partial charge on any atom is 0.161 e. The third-order valence-corrected chi connectivity index (χ3v) is 4.91. The van der Waals surface area contributed by atoms with Crippen molar-refractivity contribution in [3.8, 4) is 28.6 Å². The summed E-state index contributed by atoms with van der Waals surface area (Å²) in [5, 5.41) is 9.08. The summed E-state index contributed by atoms with van der Waals surface area (Å²) in [5.74, 6) is 2.52. The zero-order valence-electron chi connectivity index (χ0n) is 18.4. The maximum atomic E-state index is 5.37. The van der Waals surface area contributed by atoms with Crippen LogP contribution in [0, 0.1) is 6.92 Å². The Bertz CT molecular complexity index is 1250. The van der Waals surface area contributed by atoms with E-state index in [1.165, 1.54) is 6.33 Å². The van der Waals surface area contributed by atoms with Gasteiger partial charge in [0.25, 0.3) is 0 Å². The summed E-state index contributed by atoms with van der Waals surface area (Å²) in [6, 6.07) is 19.6. The van der Waals surface area contributed by atoms with Crippen molar-refractivity contribution < 1.29 is 9.47 Å². The molecule has 0 amide bonds. The van der Waals surface area contributed by atoms with Gasteiger partial charge in [-0.05, 0) is 38.1 Å². The van der Waals surface area contributed by atoms with Crippen LogP contribution in [0.25, 0.3) is 17.1 Å². The van der Waals surface area contributed by atoms with Crippen LogP contribution >= 0.6 is 0 Å². The van der Waals surface area contributed by atoms with Crippen molar-refractivity contribution in [1.82, 2.24) is 19.7 Å². The SMILES string of the molecule is COc1ccc(C(C)=NNc2cc(-n3nc(C)cc3-c3ccccc3)ncn2)cc1OC. The average Bonchev–Trinajstić information content (AvgIpc) is 3.24. The molecular formula is C24H24N6O2. The first-order chi connectivity index (χ1) is 15.6. The van der Waals surface area contributed by atoms with Crippen molar-refractivity contribution in [2.24, 2.45) is 5.10 Å². The molecule has 32 heavy (non-hydrogen) atoms. The number of benzene rings is 2. The molecule has 0 aliphatic rings. The molecule has 0 aliphatic heterocycles. The second-order valence-corrected chi connectivity index (χ2v) is 7.09. The first-order valence-corrected chi connectivity index (χ1v) is 10.1. The van der Waals surface area contributed by atoms with Gasteiger partial charge < -0.3 is 9.47 Å². The van der Waals surface area contributed by atoms with Crippen LogP contribution in [0.15, 0.2) is 72.1 Å². The van der Waals surface area contributed by atoms with Gasteiger partial charge in [0.15, 0.2) is 23.1 Å². The highest BCUT2D eigenvalue weighted by Gasteiger charge is 2.12. The van der Waals surface area contributed by atoms with E-state index >= 15 is 0 Å². The molecule has 0 spiro atoms. The van der Waals surface area contributed by atoms with Gasteiger partial charge in [0.2, 0.25) is 0 Å². The van der Waals surface area contributed by atoms with Crippen LogP contribution in [0.2, 0.25) is 0 Å². The molecule has 1 N–H and O–H groups in total. The number of hydrogen-bond acceptors (Lipinski definition) is 7. The highest BCUT2D eigenvalue weighted by atomic mass is 16.5. The number of anilines is 1. The fourth-order valence-corrected chi connectivity index (χ4v) is 3.28. The molecule has 2 aromatic carbocycles. The van der Waals surface area contributed by atoms with E-state index in [2.05, 4.69) is 25.6 Å². The van der Waals surface area contributed by atoms with Crippen molar-refractivity contribution in [2.75, 3.05) is 19.6 Å². The molecule has 4 rings (SSSR count). The second-order valence-electron chi connectivity index (χ2n) is 7.09. The van der Waals surface area contributed by atoms with E-state index in [1.807, 2.05) is 79.2 Å². The van der Waals surface area contributed by atoms with Crippen LogP contribution in [0.3, 0.4) is 0 Å². The van der Waals surface area contributed by atoms with Gasteiger partial charge in [-0.1, -0.05) is 30.3 Å². The summed E-state index contributed by atoms with van der Waals surface area (Å²) in [6.45, 7) is 3.86. The Balaban J connectivity index is 1.60. The van der Waals surface area contributed by atoms with Gasteiger partial charge in [0.05, 0.1) is 31.3 Å². The molecule has 2 aromatic heterocycles. The Hall–Kier alpha value is -4.20. The minimum absolute atomic E-state index is 0.557. The smallest absolute Gasteiger partial charge is 0.161 e. The quantitative estimate of drug-likeness (QED) is 0.345. The van der Waals surface area contributed by atoms with Gasteiger partial charge in [0, 0.05) is 17.2 Å². The lowest BCUT2D eigenvalue weighted by atomic mass is 10.1. The highest BCUT2D eigenvalue weighted by molar-refractivity contribution is 5.99. The predicted molar refractivity (Wildman–Crippen MR) is 125 cm³/mol. The lowest BCUT2D eigenvalue weighted by molar-refractivity contribution is 0.355. The van der Waals surface area contributed by atoms with Crippen molar-refractivity contribution >= 4 is 11.5 Å². The molecule has 0 aliphatic carbocycles. The van der Waals surface area contributed by atoms with Gasteiger partial charge in [-0.15, -0.1) is 0 Å². The lowest BCUT2D eigenvalue weighted by Crippen LogP contribution is -2.05. The molecule has 0 fully saturated rings. The number of ether oxygens (including phenoxy) is 2. The largest absolute Gasteiger partial charge is 0.493 e. The first kappa shape index (κ1) is 21.0. The normalized spacial score (nSPS) is 11.3. The van der Waals surface area contributed by atoms with Crippen LogP contribution in [-0.2, 0) is 0 Å². The van der Waals surface area contributed by atoms with Crippen LogP contribution in [0.1, 0.15) is 18.2 Å². The summed E-state index contributed by atoms with van der Waals surface area (Å²) >= 11 is 0. The van der Waals surface area contributed by atoms with E-state index < -0.39 is 0 Å². The van der Waals surface area contributed by atoms with E-state index in [9.17, 15) is 0 Å². The summed E-state index contributed by atoms with van der Waals surface area (Å²) < 4.78 is 12.5. The zero-order chi connectivity index (χ0) is 22.5. The lowest BCUT2D eigenvalue weighted by Gasteiger charge is -2.10. The van der Waals surface area contributed by atoms with Crippen molar-refractivity contribution in [3.05, 3.63) is 78.2 Å². The predicted octanol–water partition coefficient (Wildman–Crippen LogP) is 4.49. The van der Waals surface area contributed by atoms with Crippen LogP contribution in [0.5, 0.6) is 11.5 Å². The zero-order valence-corrected chi connectivity index (χ0v) is 18.4. The summed E-state index contributed by atoms with van der Waals surface area (Å²) in [5.41, 5.74) is 7.60. The third-order valence-electron chi connectivity index (χ3n) is 4.91. The van der Waals surface area contributed by atoms with Crippen molar-refractivity contribution in [3.63, 3.8) is 0 Å². The van der Waals surface area contributed by atoms with E-state index in [1.54, 1.807) is 14.2 Å². The fourth-order valence-electron chi connectivity index (χ4n) is 3.28. The molecule has 2 heterocycles. The molecule has 8 nitrogen and oxygen atoms in total. The van der Waals surface area contributed by atoms with E-state index in [0.29, 0.717) is 23.1 Å². The number of nitrogens with zero attached hydrogens (tertiary/aromatic N) is 5. The van der Waals surface area contributed by atoms with Gasteiger partial charge in [-0.3, -0.25) is 5.43 Å². The Morgan fingerprint density at radius 2 is 1.72 bits per heavy atom. The van der Waals surface area contributed by atoms with E-state index in [4.69, 9.17) is 9.47 Å². The second kappa shape index (κ2) is 9.30. The molecule has 0 atom stereocenters. The molecule has 0 bridgehead atoms. The molecule has 4 aromatic rings. The Kier molecular flexibility index (Phi) is 6.12. The monoisotopic (exact) mass is 428 g/mol. The molecule has 162 valence electrons. The Morgan fingerprint density at radius 1 is 0.938 bits per heavy atom. The van der Waals surface area contributed by atoms with Crippen molar-refractivity contribution in [2.45, 2.75) is 13.8 Å². The molecule has 0 unspecified atom stereocenters. The number of hydrazone groups is 1. The number of nitrogens with one attached hydrogen (secondary N) is 1. The van der Waals surface area contributed by atoms with Gasteiger partial charge >= 0.3 is 0 Å². The summed E-state index contributed by atoms with van der Waals surface area (Å²) in [4.78, 5) is 8.69. The fraction of sp³-hybridized carbons (Fsp3) is 0.167. The minimum atomic E-state index is 0.557. The number of hydrogen-bond donors (Lipinski definition) is 1. The highest BCUT2D eigenvalue weighted by Crippen LogP contribution is 2.28. The van der Waals surface area contributed by atoms with Crippen LogP contribution in [0.4, 0.5) is 5.82 Å². The molecule has 0 radical (unpaired) electrons. The number of rotatable bonds is 7. The van der Waals surface area contributed by atoms with Crippen LogP contribution < -0.4 is 14.9 Å². The minimum Gasteiger partial charge on any atom is -0.493 e. The Morgan fingerprint density at radius 3 is 2.47 bits per heavy atom. The van der Waals surface area contributed by atoms with E-state index in [0.717, 1.165) is 28.2 Å². The van der Waals surface area contributed by atoms with Crippen molar-refractivity contribution in [1.29, 1.82) is 0 Å². The third kappa shape index (κ3) is 4.44. The Labute approximate surface area is 186 Å². The average molecular weight is 428 g/mol. The molecular weight excluding hydrogens is 404 g/mol. The van der Waals surface area contributed by atoms with E-state index in [-0.39, 0.29) is 0 Å². The molecule has 8 heteroatoms. The number of methoxy groups -OCH3 is 2. The van der Waals surface area contributed by atoms with Gasteiger partial charge in [0.1, 0.15) is 6.33 Å². The summed E-state index contributed by atoms with van der Waals surface area (Å²) in [6.07, 6.45) is 1.49. The van der Waals surface area contributed by atoms with Gasteiger partial charge in [-0.2, -0.15) is 10.2 Å². The number of aryl methyl sites for hydroxylation is 1. The first-order valence-electron chi connectivity index (χ1n) is 10.1. The topological polar surface area (TPSA) is 86.5 Å².